The third kappa shape index (κ3) is 2.12. The van der Waals surface area contributed by atoms with Gasteiger partial charge in [0, 0.05) is 35.0 Å². The quantitative estimate of drug-likeness (QED) is 0.634. The highest BCUT2D eigenvalue weighted by Crippen LogP contribution is 2.43. The lowest BCUT2D eigenvalue weighted by Crippen LogP contribution is -2.30. The van der Waals surface area contributed by atoms with Gasteiger partial charge in [-0.3, -0.25) is 0 Å². The topological polar surface area (TPSA) is 3.24 Å². The molecule has 2 aromatic rings. The van der Waals surface area contributed by atoms with E-state index in [1.807, 2.05) is 11.8 Å². The normalized spacial score (nSPS) is 17.5. The molecule has 0 radical (unpaired) electrons. The molecule has 0 unspecified atom stereocenters. The Morgan fingerprint density at radius 1 is 0.800 bits per heavy atom. The molecular formula is C18H19NS. The lowest BCUT2D eigenvalue weighted by molar-refractivity contribution is 0.576. The van der Waals surface area contributed by atoms with Gasteiger partial charge in [0.15, 0.2) is 0 Å². The van der Waals surface area contributed by atoms with Crippen LogP contribution in [0.25, 0.3) is 0 Å². The highest BCUT2D eigenvalue weighted by atomic mass is 32.2. The minimum atomic E-state index is 1.09. The number of hydrogen-bond acceptors (Lipinski definition) is 2. The molecule has 0 amide bonds. The van der Waals surface area contributed by atoms with Gasteiger partial charge in [-0.25, -0.2) is 0 Å². The van der Waals surface area contributed by atoms with Crippen LogP contribution in [-0.4, -0.2) is 13.1 Å². The molecule has 1 fully saturated rings. The Kier molecular flexibility index (Phi) is 3.19. The molecule has 0 aliphatic carbocycles. The minimum absolute atomic E-state index is 1.09. The molecule has 0 bridgehead atoms. The molecule has 0 spiro atoms. The molecule has 2 aliphatic rings. The lowest BCUT2D eigenvalue weighted by Gasteiger charge is -2.32. The van der Waals surface area contributed by atoms with E-state index in [0.717, 1.165) is 6.42 Å². The summed E-state index contributed by atoms with van der Waals surface area (Å²) in [6.07, 6.45) is 5.16. The summed E-state index contributed by atoms with van der Waals surface area (Å²) in [4.78, 5) is 5.47. The van der Waals surface area contributed by atoms with Crippen LogP contribution < -0.4 is 4.90 Å². The molecule has 2 heterocycles. The average molecular weight is 281 g/mol. The van der Waals surface area contributed by atoms with E-state index in [9.17, 15) is 0 Å². The summed E-state index contributed by atoms with van der Waals surface area (Å²) in [5.74, 6) is 0. The molecule has 1 nitrogen and oxygen atoms in total. The van der Waals surface area contributed by atoms with Crippen molar-refractivity contribution >= 4 is 17.4 Å². The Hall–Kier alpha value is -1.41. The van der Waals surface area contributed by atoms with Crippen LogP contribution in [0, 0.1) is 0 Å². The fourth-order valence-corrected chi connectivity index (χ4v) is 4.42. The van der Waals surface area contributed by atoms with Crippen molar-refractivity contribution in [3.8, 4) is 0 Å². The second kappa shape index (κ2) is 5.17. The Morgan fingerprint density at radius 3 is 2.50 bits per heavy atom. The van der Waals surface area contributed by atoms with Crippen LogP contribution in [-0.2, 0) is 6.42 Å². The molecule has 20 heavy (non-hydrogen) atoms. The summed E-state index contributed by atoms with van der Waals surface area (Å²) in [6.45, 7) is 2.45. The van der Waals surface area contributed by atoms with Crippen LogP contribution in [0.2, 0.25) is 0 Å². The van der Waals surface area contributed by atoms with Crippen LogP contribution in [0.3, 0.4) is 0 Å². The maximum Gasteiger partial charge on any atom is 0.0413 e. The summed E-state index contributed by atoms with van der Waals surface area (Å²) >= 11 is 1.93. The van der Waals surface area contributed by atoms with Crippen molar-refractivity contribution in [2.45, 2.75) is 35.5 Å². The number of piperidine rings is 1. The van der Waals surface area contributed by atoms with E-state index in [4.69, 9.17) is 0 Å². The summed E-state index contributed by atoms with van der Waals surface area (Å²) in [5.41, 5.74) is 4.50. The molecule has 0 saturated carbocycles. The number of hydrogen-bond donors (Lipinski definition) is 0. The molecule has 2 heteroatoms. The second-order valence-electron chi connectivity index (χ2n) is 5.69. The van der Waals surface area contributed by atoms with Gasteiger partial charge in [0.1, 0.15) is 0 Å². The molecule has 0 N–H and O–H groups in total. The molecular weight excluding hydrogens is 262 g/mol. The van der Waals surface area contributed by atoms with Crippen LogP contribution in [0.1, 0.15) is 30.4 Å². The van der Waals surface area contributed by atoms with Gasteiger partial charge in [0.2, 0.25) is 0 Å². The van der Waals surface area contributed by atoms with Crippen molar-refractivity contribution in [1.29, 1.82) is 0 Å². The highest BCUT2D eigenvalue weighted by molar-refractivity contribution is 7.99. The first kappa shape index (κ1) is 12.3. The molecule has 2 aliphatic heterocycles. The molecule has 102 valence electrons. The predicted octanol–water partition coefficient (Wildman–Crippen LogP) is 4.73. The molecule has 1 saturated heterocycles. The summed E-state index contributed by atoms with van der Waals surface area (Å²) in [5, 5.41) is 0. The maximum absolute atomic E-state index is 2.59. The van der Waals surface area contributed by atoms with E-state index in [1.165, 1.54) is 59.0 Å². The Labute approximate surface area is 125 Å². The third-order valence-corrected chi connectivity index (χ3v) is 5.59. The number of benzene rings is 2. The number of rotatable bonds is 1. The Morgan fingerprint density at radius 2 is 1.60 bits per heavy atom. The van der Waals surface area contributed by atoms with Gasteiger partial charge in [-0.2, -0.15) is 0 Å². The largest absolute Gasteiger partial charge is 0.371 e. The SMILES string of the molecule is c1ccc2c(c1)Cc1c(cccc1N1CCCCC1)S2. The molecule has 0 aromatic heterocycles. The van der Waals surface area contributed by atoms with E-state index >= 15 is 0 Å². The van der Waals surface area contributed by atoms with Gasteiger partial charge in [0.25, 0.3) is 0 Å². The standard InChI is InChI=1S/C18H19NS/c1-4-11-19(12-5-1)16-8-6-10-18-15(16)13-14-7-2-3-9-17(14)20-18/h2-3,6-10H,1,4-5,11-13H2. The van der Waals surface area contributed by atoms with Gasteiger partial charge in [0.05, 0.1) is 0 Å². The van der Waals surface area contributed by atoms with Crippen molar-refractivity contribution in [1.82, 2.24) is 0 Å². The van der Waals surface area contributed by atoms with Crippen molar-refractivity contribution < 1.29 is 0 Å². The van der Waals surface area contributed by atoms with E-state index in [1.54, 1.807) is 0 Å². The van der Waals surface area contributed by atoms with Crippen LogP contribution in [0.15, 0.2) is 52.3 Å². The van der Waals surface area contributed by atoms with Gasteiger partial charge in [-0.1, -0.05) is 36.0 Å². The zero-order chi connectivity index (χ0) is 13.4. The Bertz CT molecular complexity index is 629. The molecule has 2 aromatic carbocycles. The first-order valence-corrected chi connectivity index (χ1v) is 8.36. The molecule has 4 rings (SSSR count). The Balaban J connectivity index is 1.74. The summed E-state index contributed by atoms with van der Waals surface area (Å²) in [7, 11) is 0. The first-order chi connectivity index (χ1) is 9.92. The number of anilines is 1. The van der Waals surface area contributed by atoms with Crippen molar-refractivity contribution in [3.63, 3.8) is 0 Å². The van der Waals surface area contributed by atoms with Crippen LogP contribution >= 0.6 is 11.8 Å². The van der Waals surface area contributed by atoms with Gasteiger partial charge in [-0.15, -0.1) is 0 Å². The van der Waals surface area contributed by atoms with E-state index < -0.39 is 0 Å². The average Bonchev–Trinajstić information content (AvgIpc) is 2.53. The van der Waals surface area contributed by atoms with E-state index in [-0.39, 0.29) is 0 Å². The first-order valence-electron chi connectivity index (χ1n) is 7.54. The van der Waals surface area contributed by atoms with Gasteiger partial charge < -0.3 is 4.90 Å². The van der Waals surface area contributed by atoms with Crippen LogP contribution in [0.5, 0.6) is 0 Å². The minimum Gasteiger partial charge on any atom is -0.371 e. The van der Waals surface area contributed by atoms with Crippen molar-refractivity contribution in [2.24, 2.45) is 0 Å². The van der Waals surface area contributed by atoms with E-state index in [0.29, 0.717) is 0 Å². The smallest absolute Gasteiger partial charge is 0.0413 e. The monoisotopic (exact) mass is 281 g/mol. The highest BCUT2D eigenvalue weighted by Gasteiger charge is 2.21. The third-order valence-electron chi connectivity index (χ3n) is 4.36. The summed E-state index contributed by atoms with van der Waals surface area (Å²) < 4.78 is 0. The summed E-state index contributed by atoms with van der Waals surface area (Å²) in [6, 6.07) is 15.7. The zero-order valence-corrected chi connectivity index (χ0v) is 12.5. The fraction of sp³-hybridized carbons (Fsp3) is 0.333. The fourth-order valence-electron chi connectivity index (χ4n) is 3.32. The van der Waals surface area contributed by atoms with Gasteiger partial charge in [-0.05, 0) is 48.6 Å². The van der Waals surface area contributed by atoms with Crippen LogP contribution in [0.4, 0.5) is 5.69 Å². The maximum atomic E-state index is 2.59. The molecule has 0 atom stereocenters. The van der Waals surface area contributed by atoms with Crippen molar-refractivity contribution in [3.05, 3.63) is 53.6 Å². The van der Waals surface area contributed by atoms with E-state index in [2.05, 4.69) is 47.4 Å². The van der Waals surface area contributed by atoms with Crippen molar-refractivity contribution in [2.75, 3.05) is 18.0 Å². The lowest BCUT2D eigenvalue weighted by atomic mass is 10.0. The number of fused-ring (bicyclic) bond motifs is 2. The van der Waals surface area contributed by atoms with Gasteiger partial charge >= 0.3 is 0 Å². The zero-order valence-electron chi connectivity index (χ0n) is 11.6. The number of nitrogens with zero attached hydrogens (tertiary/aromatic N) is 1. The second-order valence-corrected chi connectivity index (χ2v) is 6.77. The predicted molar refractivity (Wildman–Crippen MR) is 85.9 cm³/mol.